The van der Waals surface area contributed by atoms with Crippen LogP contribution >= 0.6 is 11.6 Å². The highest BCUT2D eigenvalue weighted by Crippen LogP contribution is 2.09. The highest BCUT2D eigenvalue weighted by molar-refractivity contribution is 6.30. The van der Waals surface area contributed by atoms with E-state index < -0.39 is 0 Å². The summed E-state index contributed by atoms with van der Waals surface area (Å²) in [6.07, 6.45) is 0.519. The van der Waals surface area contributed by atoms with E-state index in [1.165, 1.54) is 5.56 Å². The molecule has 0 aromatic heterocycles. The third kappa shape index (κ3) is 5.17. The third-order valence-corrected chi connectivity index (χ3v) is 2.51. The van der Waals surface area contributed by atoms with Gasteiger partial charge < -0.3 is 10.4 Å². The number of hydrogen-bond acceptors (Lipinski definition) is 2. The van der Waals surface area contributed by atoms with E-state index in [0.717, 1.165) is 18.0 Å². The van der Waals surface area contributed by atoms with Gasteiger partial charge >= 0.3 is 0 Å². The van der Waals surface area contributed by atoms with Gasteiger partial charge in [-0.05, 0) is 38.0 Å². The van der Waals surface area contributed by atoms with Crippen molar-refractivity contribution in [3.8, 4) is 0 Å². The van der Waals surface area contributed by atoms with Crippen LogP contribution in [-0.4, -0.2) is 17.3 Å². The predicted molar refractivity (Wildman–Crippen MR) is 64.1 cm³/mol. The summed E-state index contributed by atoms with van der Waals surface area (Å²) in [4.78, 5) is 0. The summed E-state index contributed by atoms with van der Waals surface area (Å²) in [7, 11) is 0. The lowest BCUT2D eigenvalue weighted by Gasteiger charge is -2.15. The maximum Gasteiger partial charge on any atom is 0.0526 e. The maximum atomic E-state index is 9.20. The summed E-state index contributed by atoms with van der Waals surface area (Å²) in [6.45, 7) is 4.69. The lowest BCUT2D eigenvalue weighted by atomic mass is 10.1. The Hall–Kier alpha value is -0.570. The first-order chi connectivity index (χ1) is 7.08. The van der Waals surface area contributed by atoms with Crippen LogP contribution in [0.4, 0.5) is 0 Å². The second-order valence-electron chi connectivity index (χ2n) is 3.99. The van der Waals surface area contributed by atoms with E-state index in [9.17, 15) is 5.11 Å². The second kappa shape index (κ2) is 6.11. The van der Waals surface area contributed by atoms with Crippen LogP contribution in [0.2, 0.25) is 5.02 Å². The molecule has 2 N–H and O–H groups in total. The van der Waals surface area contributed by atoms with Gasteiger partial charge in [0.05, 0.1) is 6.10 Å². The molecule has 0 bridgehead atoms. The van der Waals surface area contributed by atoms with E-state index in [1.807, 2.05) is 24.3 Å². The minimum atomic E-state index is -0.252. The summed E-state index contributed by atoms with van der Waals surface area (Å²) in [5, 5.41) is 13.3. The van der Waals surface area contributed by atoms with Crippen molar-refractivity contribution >= 4 is 11.6 Å². The smallest absolute Gasteiger partial charge is 0.0526 e. The number of benzene rings is 1. The van der Waals surface area contributed by atoms with E-state index in [2.05, 4.69) is 12.2 Å². The van der Waals surface area contributed by atoms with Crippen molar-refractivity contribution in [1.82, 2.24) is 5.32 Å². The molecule has 15 heavy (non-hydrogen) atoms. The van der Waals surface area contributed by atoms with Gasteiger partial charge in [-0.25, -0.2) is 0 Å². The average Bonchev–Trinajstić information content (AvgIpc) is 2.16. The zero-order chi connectivity index (χ0) is 11.3. The molecule has 0 saturated heterocycles. The lowest BCUT2D eigenvalue weighted by molar-refractivity contribution is 0.170. The zero-order valence-electron chi connectivity index (χ0n) is 9.20. The Balaban J connectivity index is 2.33. The van der Waals surface area contributed by atoms with Gasteiger partial charge in [0.15, 0.2) is 0 Å². The topological polar surface area (TPSA) is 32.3 Å². The normalized spacial score (nSPS) is 14.9. The molecule has 0 aliphatic heterocycles. The van der Waals surface area contributed by atoms with Gasteiger partial charge in [0.2, 0.25) is 0 Å². The Kier molecular flexibility index (Phi) is 5.09. The molecule has 3 heteroatoms. The van der Waals surface area contributed by atoms with E-state index >= 15 is 0 Å². The number of aliphatic hydroxyl groups is 1. The van der Waals surface area contributed by atoms with E-state index in [4.69, 9.17) is 11.6 Å². The van der Waals surface area contributed by atoms with Gasteiger partial charge in [0.1, 0.15) is 0 Å². The van der Waals surface area contributed by atoms with Gasteiger partial charge in [-0.2, -0.15) is 0 Å². The number of hydrogen-bond donors (Lipinski definition) is 2. The van der Waals surface area contributed by atoms with E-state index in [1.54, 1.807) is 6.92 Å². The molecule has 0 radical (unpaired) electrons. The summed E-state index contributed by atoms with van der Waals surface area (Å²) in [5.41, 5.74) is 1.21. The fourth-order valence-electron chi connectivity index (χ4n) is 1.49. The average molecular weight is 228 g/mol. The van der Waals surface area contributed by atoms with Crippen LogP contribution in [-0.2, 0) is 6.54 Å². The fraction of sp³-hybridized carbons (Fsp3) is 0.500. The van der Waals surface area contributed by atoms with Gasteiger partial charge in [-0.15, -0.1) is 0 Å². The molecule has 0 aliphatic carbocycles. The van der Waals surface area contributed by atoms with Gasteiger partial charge in [-0.3, -0.25) is 0 Å². The Bertz CT molecular complexity index is 284. The first-order valence-corrected chi connectivity index (χ1v) is 5.61. The molecule has 0 heterocycles. The van der Waals surface area contributed by atoms with E-state index in [-0.39, 0.29) is 6.10 Å². The first-order valence-electron chi connectivity index (χ1n) is 5.24. The van der Waals surface area contributed by atoms with Crippen LogP contribution in [0.5, 0.6) is 0 Å². The highest BCUT2D eigenvalue weighted by atomic mass is 35.5. The SMILES string of the molecule is CC(O)CC(C)NCc1ccc(Cl)cc1. The van der Waals surface area contributed by atoms with Gasteiger partial charge in [-0.1, -0.05) is 23.7 Å². The van der Waals surface area contributed by atoms with Crippen LogP contribution in [0.15, 0.2) is 24.3 Å². The van der Waals surface area contributed by atoms with Crippen molar-refractivity contribution < 1.29 is 5.11 Å². The Morgan fingerprint density at radius 2 is 1.87 bits per heavy atom. The van der Waals surface area contributed by atoms with Gasteiger partial charge in [0.25, 0.3) is 0 Å². The standard InChI is InChI=1S/C12H18ClNO/c1-9(7-10(2)15)14-8-11-3-5-12(13)6-4-11/h3-6,9-10,14-15H,7-8H2,1-2H3. The van der Waals surface area contributed by atoms with Crippen LogP contribution in [0, 0.1) is 0 Å². The van der Waals surface area contributed by atoms with Crippen molar-refractivity contribution in [3.63, 3.8) is 0 Å². The zero-order valence-corrected chi connectivity index (χ0v) is 9.96. The molecule has 2 atom stereocenters. The first kappa shape index (κ1) is 12.5. The molecule has 0 spiro atoms. The monoisotopic (exact) mass is 227 g/mol. The molecule has 0 aliphatic rings. The molecule has 84 valence electrons. The summed E-state index contributed by atoms with van der Waals surface area (Å²) in [6, 6.07) is 8.10. The maximum absolute atomic E-state index is 9.20. The van der Waals surface area contributed by atoms with E-state index in [0.29, 0.717) is 6.04 Å². The summed E-state index contributed by atoms with van der Waals surface area (Å²) >= 11 is 5.79. The van der Waals surface area contributed by atoms with Crippen LogP contribution < -0.4 is 5.32 Å². The van der Waals surface area contributed by atoms with Crippen molar-refractivity contribution in [2.45, 2.75) is 39.0 Å². The number of aliphatic hydroxyl groups excluding tert-OH is 1. The molecule has 1 aromatic carbocycles. The number of rotatable bonds is 5. The largest absolute Gasteiger partial charge is 0.393 e. The fourth-order valence-corrected chi connectivity index (χ4v) is 1.62. The molecular weight excluding hydrogens is 210 g/mol. The number of halogens is 1. The van der Waals surface area contributed by atoms with Gasteiger partial charge in [0, 0.05) is 17.6 Å². The minimum absolute atomic E-state index is 0.252. The highest BCUT2D eigenvalue weighted by Gasteiger charge is 2.04. The molecule has 2 nitrogen and oxygen atoms in total. The number of nitrogens with one attached hydrogen (secondary N) is 1. The minimum Gasteiger partial charge on any atom is -0.393 e. The van der Waals surface area contributed by atoms with Crippen molar-refractivity contribution in [2.24, 2.45) is 0 Å². The lowest BCUT2D eigenvalue weighted by Crippen LogP contribution is -2.28. The Labute approximate surface area is 96.3 Å². The molecule has 0 fully saturated rings. The summed E-state index contributed by atoms with van der Waals surface area (Å²) in [5.74, 6) is 0. The van der Waals surface area contributed by atoms with Crippen LogP contribution in [0.3, 0.4) is 0 Å². The molecule has 0 saturated carbocycles. The third-order valence-electron chi connectivity index (χ3n) is 2.26. The second-order valence-corrected chi connectivity index (χ2v) is 4.43. The predicted octanol–water partition coefficient (Wildman–Crippen LogP) is 2.59. The Morgan fingerprint density at radius 3 is 2.40 bits per heavy atom. The van der Waals surface area contributed by atoms with Crippen molar-refractivity contribution in [1.29, 1.82) is 0 Å². The van der Waals surface area contributed by atoms with Crippen LogP contribution in [0.25, 0.3) is 0 Å². The molecule has 2 unspecified atom stereocenters. The summed E-state index contributed by atoms with van der Waals surface area (Å²) < 4.78 is 0. The van der Waals surface area contributed by atoms with Crippen LogP contribution in [0.1, 0.15) is 25.8 Å². The molecule has 1 aromatic rings. The molecular formula is C12H18ClNO. The molecule has 0 amide bonds. The van der Waals surface area contributed by atoms with Crippen molar-refractivity contribution in [2.75, 3.05) is 0 Å². The Morgan fingerprint density at radius 1 is 1.27 bits per heavy atom. The quantitative estimate of drug-likeness (QED) is 0.811. The molecule has 1 rings (SSSR count). The van der Waals surface area contributed by atoms with Crippen molar-refractivity contribution in [3.05, 3.63) is 34.9 Å².